The first-order valence-corrected chi connectivity index (χ1v) is 5.15. The van der Waals surface area contributed by atoms with Crippen molar-refractivity contribution in [2.75, 3.05) is 23.7 Å². The summed E-state index contributed by atoms with van der Waals surface area (Å²) in [7, 11) is 0. The third kappa shape index (κ3) is 2.21. The van der Waals surface area contributed by atoms with E-state index in [4.69, 9.17) is 5.73 Å². The van der Waals surface area contributed by atoms with Crippen molar-refractivity contribution in [3.63, 3.8) is 0 Å². The Morgan fingerprint density at radius 3 is 2.93 bits per heavy atom. The maximum absolute atomic E-state index is 13.6. The summed E-state index contributed by atoms with van der Waals surface area (Å²) in [6, 6.07) is 4.67. The van der Waals surface area contributed by atoms with Crippen molar-refractivity contribution >= 4 is 11.4 Å². The molecule has 1 aliphatic heterocycles. The second-order valence-corrected chi connectivity index (χ2v) is 3.95. The van der Waals surface area contributed by atoms with Gasteiger partial charge in [-0.25, -0.2) is 4.39 Å². The number of nitrogens with two attached hydrogens (primary N) is 1. The van der Waals surface area contributed by atoms with E-state index >= 15 is 0 Å². The molecule has 1 saturated heterocycles. The fourth-order valence-corrected chi connectivity index (χ4v) is 1.95. The minimum Gasteiger partial charge on any atom is -0.399 e. The van der Waals surface area contributed by atoms with Crippen molar-refractivity contribution in [3.8, 4) is 0 Å². The molecule has 1 atom stereocenters. The Morgan fingerprint density at radius 1 is 1.47 bits per heavy atom. The Kier molecular flexibility index (Phi) is 2.77. The number of nitrogens with zero attached hydrogens (tertiary/aromatic N) is 1. The molecule has 1 fully saturated rings. The van der Waals surface area contributed by atoms with Crippen LogP contribution in [0.3, 0.4) is 0 Å². The molecule has 4 heteroatoms. The van der Waals surface area contributed by atoms with Gasteiger partial charge in [0.1, 0.15) is 5.82 Å². The van der Waals surface area contributed by atoms with Gasteiger partial charge in [-0.15, -0.1) is 0 Å². The molecule has 1 unspecified atom stereocenters. The molecule has 15 heavy (non-hydrogen) atoms. The maximum atomic E-state index is 13.6. The van der Waals surface area contributed by atoms with E-state index in [2.05, 4.69) is 0 Å². The van der Waals surface area contributed by atoms with Crippen LogP contribution in [0.4, 0.5) is 15.8 Å². The van der Waals surface area contributed by atoms with Crippen LogP contribution in [0, 0.1) is 5.82 Å². The van der Waals surface area contributed by atoms with Crippen LogP contribution in [0.2, 0.25) is 0 Å². The van der Waals surface area contributed by atoms with E-state index in [0.717, 1.165) is 19.4 Å². The quantitative estimate of drug-likeness (QED) is 0.688. The molecule has 0 radical (unpaired) electrons. The predicted molar refractivity (Wildman–Crippen MR) is 58.3 cm³/mol. The van der Waals surface area contributed by atoms with Crippen molar-refractivity contribution in [1.82, 2.24) is 0 Å². The third-order valence-corrected chi connectivity index (χ3v) is 2.71. The number of rotatable bonds is 1. The van der Waals surface area contributed by atoms with Crippen LogP contribution in [0.25, 0.3) is 0 Å². The van der Waals surface area contributed by atoms with E-state index < -0.39 is 0 Å². The summed E-state index contributed by atoms with van der Waals surface area (Å²) in [4.78, 5) is 1.86. The predicted octanol–water partition coefficient (Wildman–Crippen LogP) is 1.37. The number of aliphatic hydroxyl groups is 1. The fraction of sp³-hybridized carbons (Fsp3) is 0.455. The van der Waals surface area contributed by atoms with E-state index in [-0.39, 0.29) is 11.9 Å². The molecule has 1 aliphatic rings. The minimum absolute atomic E-state index is 0.316. The number of aliphatic hydroxyl groups excluding tert-OH is 1. The first kappa shape index (κ1) is 10.2. The summed E-state index contributed by atoms with van der Waals surface area (Å²) in [5, 5.41) is 9.50. The number of β-amino-alcohol motifs (C(OH)–C–C–N with tert-alkyl or cyclic N) is 1. The van der Waals surface area contributed by atoms with Crippen molar-refractivity contribution < 1.29 is 9.50 Å². The van der Waals surface area contributed by atoms with Crippen molar-refractivity contribution in [2.24, 2.45) is 0 Å². The van der Waals surface area contributed by atoms with Gasteiger partial charge >= 0.3 is 0 Å². The van der Waals surface area contributed by atoms with Crippen LogP contribution >= 0.6 is 0 Å². The highest BCUT2D eigenvalue weighted by atomic mass is 19.1. The zero-order valence-electron chi connectivity index (χ0n) is 8.49. The van der Waals surface area contributed by atoms with Gasteiger partial charge in [-0.3, -0.25) is 0 Å². The Morgan fingerprint density at radius 2 is 2.27 bits per heavy atom. The van der Waals surface area contributed by atoms with E-state index in [1.54, 1.807) is 12.1 Å². The summed E-state index contributed by atoms with van der Waals surface area (Å²) < 4.78 is 13.6. The molecule has 1 aromatic rings. The summed E-state index contributed by atoms with van der Waals surface area (Å²) >= 11 is 0. The molecule has 0 saturated carbocycles. The molecule has 3 nitrogen and oxygen atoms in total. The van der Waals surface area contributed by atoms with Crippen molar-refractivity contribution in [3.05, 3.63) is 24.0 Å². The van der Waals surface area contributed by atoms with Gasteiger partial charge in [0.05, 0.1) is 11.8 Å². The number of hydrogen-bond donors (Lipinski definition) is 2. The van der Waals surface area contributed by atoms with Gasteiger partial charge in [0.25, 0.3) is 0 Å². The molecular weight excluding hydrogens is 195 g/mol. The monoisotopic (exact) mass is 210 g/mol. The van der Waals surface area contributed by atoms with E-state index in [0.29, 0.717) is 17.9 Å². The average Bonchev–Trinajstić information content (AvgIpc) is 2.17. The van der Waals surface area contributed by atoms with Crippen LogP contribution in [-0.4, -0.2) is 24.3 Å². The zero-order valence-corrected chi connectivity index (χ0v) is 8.49. The molecule has 0 spiro atoms. The molecule has 0 bridgehead atoms. The van der Waals surface area contributed by atoms with Gasteiger partial charge in [0.15, 0.2) is 0 Å². The SMILES string of the molecule is Nc1ccc(N2CCCC(O)C2)c(F)c1. The highest BCUT2D eigenvalue weighted by molar-refractivity contribution is 5.54. The van der Waals surface area contributed by atoms with E-state index in [1.807, 2.05) is 4.90 Å². The number of piperidine rings is 1. The molecular formula is C11H15FN2O. The Labute approximate surface area is 88.3 Å². The van der Waals surface area contributed by atoms with Gasteiger partial charge in [-0.05, 0) is 31.0 Å². The smallest absolute Gasteiger partial charge is 0.148 e. The Bertz CT molecular complexity index is 356. The summed E-state index contributed by atoms with van der Waals surface area (Å²) in [5.74, 6) is -0.316. The first-order chi connectivity index (χ1) is 7.16. The standard InChI is InChI=1S/C11H15FN2O/c12-10-6-8(13)3-4-11(10)14-5-1-2-9(15)7-14/h3-4,6,9,15H,1-2,5,7,13H2. The summed E-state index contributed by atoms with van der Waals surface area (Å²) in [5.41, 5.74) is 6.43. The minimum atomic E-state index is -0.351. The molecule has 2 rings (SSSR count). The van der Waals surface area contributed by atoms with Crippen molar-refractivity contribution in [2.45, 2.75) is 18.9 Å². The summed E-state index contributed by atoms with van der Waals surface area (Å²) in [6.07, 6.45) is 1.34. The van der Waals surface area contributed by atoms with Gasteiger partial charge in [0.2, 0.25) is 0 Å². The maximum Gasteiger partial charge on any atom is 0.148 e. The lowest BCUT2D eigenvalue weighted by Gasteiger charge is -2.32. The van der Waals surface area contributed by atoms with Crippen molar-refractivity contribution in [1.29, 1.82) is 0 Å². The third-order valence-electron chi connectivity index (χ3n) is 2.71. The first-order valence-electron chi connectivity index (χ1n) is 5.15. The van der Waals surface area contributed by atoms with E-state index in [1.165, 1.54) is 6.07 Å². The molecule has 1 heterocycles. The Balaban J connectivity index is 2.21. The summed E-state index contributed by atoms with van der Waals surface area (Å²) in [6.45, 7) is 1.29. The molecule has 0 aromatic heterocycles. The van der Waals surface area contributed by atoms with Crippen LogP contribution in [0.1, 0.15) is 12.8 Å². The lowest BCUT2D eigenvalue weighted by atomic mass is 10.1. The normalized spacial score (nSPS) is 21.7. The van der Waals surface area contributed by atoms with Gasteiger partial charge in [0, 0.05) is 18.8 Å². The molecule has 3 N–H and O–H groups in total. The number of hydrogen-bond acceptors (Lipinski definition) is 3. The van der Waals surface area contributed by atoms with Crippen LogP contribution in [-0.2, 0) is 0 Å². The van der Waals surface area contributed by atoms with Crippen LogP contribution < -0.4 is 10.6 Å². The number of benzene rings is 1. The second kappa shape index (κ2) is 4.06. The number of nitrogen functional groups attached to an aromatic ring is 1. The highest BCUT2D eigenvalue weighted by Crippen LogP contribution is 2.24. The molecule has 0 aliphatic carbocycles. The Hall–Kier alpha value is -1.29. The fourth-order valence-electron chi connectivity index (χ4n) is 1.95. The number of halogens is 1. The topological polar surface area (TPSA) is 49.5 Å². The molecule has 1 aromatic carbocycles. The van der Waals surface area contributed by atoms with Gasteiger partial charge in [-0.1, -0.05) is 0 Å². The van der Waals surface area contributed by atoms with Gasteiger partial charge < -0.3 is 15.7 Å². The molecule has 0 amide bonds. The van der Waals surface area contributed by atoms with Crippen LogP contribution in [0.15, 0.2) is 18.2 Å². The van der Waals surface area contributed by atoms with Gasteiger partial charge in [-0.2, -0.15) is 0 Å². The van der Waals surface area contributed by atoms with Crippen LogP contribution in [0.5, 0.6) is 0 Å². The number of anilines is 2. The lowest BCUT2D eigenvalue weighted by Crippen LogP contribution is -2.38. The second-order valence-electron chi connectivity index (χ2n) is 3.95. The molecule has 82 valence electrons. The zero-order chi connectivity index (χ0) is 10.8. The van der Waals surface area contributed by atoms with E-state index in [9.17, 15) is 9.50 Å². The highest BCUT2D eigenvalue weighted by Gasteiger charge is 2.20. The average molecular weight is 210 g/mol. The largest absolute Gasteiger partial charge is 0.399 e. The lowest BCUT2D eigenvalue weighted by molar-refractivity contribution is 0.154.